The minimum atomic E-state index is -0.411. The normalized spacial score (nSPS) is 11.9. The van der Waals surface area contributed by atoms with Crippen LogP contribution in [0.5, 0.6) is 0 Å². The van der Waals surface area contributed by atoms with Crippen LogP contribution in [-0.2, 0) is 11.3 Å². The Balaban J connectivity index is 2.48. The van der Waals surface area contributed by atoms with E-state index < -0.39 is 6.10 Å². The highest BCUT2D eigenvalue weighted by atomic mass is 16.5. The van der Waals surface area contributed by atoms with Gasteiger partial charge in [0.05, 0.1) is 12.7 Å². The smallest absolute Gasteiger partial charge is 0.319 e. The number of nitrogens with one attached hydrogen (secondary N) is 2. The lowest BCUT2D eigenvalue weighted by Crippen LogP contribution is -2.31. The molecule has 100 valence electrons. The Morgan fingerprint density at radius 2 is 2.17 bits per heavy atom. The summed E-state index contributed by atoms with van der Waals surface area (Å²) < 4.78 is 5.06. The summed E-state index contributed by atoms with van der Waals surface area (Å²) in [6, 6.07) is 7.19. The average molecular weight is 252 g/mol. The predicted molar refractivity (Wildman–Crippen MR) is 70.5 cm³/mol. The molecule has 1 aromatic carbocycles. The van der Waals surface area contributed by atoms with E-state index in [1.54, 1.807) is 14.0 Å². The van der Waals surface area contributed by atoms with Crippen LogP contribution in [-0.4, -0.2) is 30.9 Å². The topological polar surface area (TPSA) is 70.6 Å². The number of urea groups is 1. The van der Waals surface area contributed by atoms with E-state index in [2.05, 4.69) is 10.6 Å². The van der Waals surface area contributed by atoms with Crippen LogP contribution in [0.25, 0.3) is 0 Å². The Kier molecular flexibility index (Phi) is 6.18. The molecule has 0 aliphatic carbocycles. The third kappa shape index (κ3) is 5.16. The fourth-order valence-corrected chi connectivity index (χ4v) is 1.48. The number of methoxy groups -OCH3 is 1. The Bertz CT molecular complexity index is 380. The Morgan fingerprint density at radius 1 is 1.44 bits per heavy atom. The summed E-state index contributed by atoms with van der Waals surface area (Å²) in [4.78, 5) is 11.6. The molecular formula is C13H20N2O3. The van der Waals surface area contributed by atoms with Crippen LogP contribution in [0.2, 0.25) is 0 Å². The minimum Gasteiger partial charge on any atom is -0.393 e. The van der Waals surface area contributed by atoms with Gasteiger partial charge < -0.3 is 20.5 Å². The molecule has 0 aliphatic heterocycles. The van der Waals surface area contributed by atoms with Crippen LogP contribution in [0.15, 0.2) is 24.3 Å². The molecule has 0 fully saturated rings. The van der Waals surface area contributed by atoms with Gasteiger partial charge in [0, 0.05) is 24.9 Å². The van der Waals surface area contributed by atoms with Gasteiger partial charge in [0.25, 0.3) is 0 Å². The highest BCUT2D eigenvalue weighted by Crippen LogP contribution is 2.15. The number of hydrogen-bond acceptors (Lipinski definition) is 3. The predicted octanol–water partition coefficient (Wildman–Crippen LogP) is 1.73. The molecule has 2 amide bonds. The van der Waals surface area contributed by atoms with Crippen molar-refractivity contribution in [3.8, 4) is 0 Å². The first-order chi connectivity index (χ1) is 8.63. The van der Waals surface area contributed by atoms with Crippen molar-refractivity contribution in [3.63, 3.8) is 0 Å². The van der Waals surface area contributed by atoms with E-state index in [0.717, 1.165) is 11.3 Å². The molecule has 0 aliphatic rings. The fraction of sp³-hybridized carbons (Fsp3) is 0.462. The van der Waals surface area contributed by atoms with Gasteiger partial charge >= 0.3 is 6.03 Å². The number of amides is 2. The Morgan fingerprint density at radius 3 is 2.83 bits per heavy atom. The second-order valence-electron chi connectivity index (χ2n) is 4.11. The molecule has 0 radical (unpaired) electrons. The van der Waals surface area contributed by atoms with Gasteiger partial charge in [0.15, 0.2) is 0 Å². The first-order valence-corrected chi connectivity index (χ1v) is 5.93. The lowest BCUT2D eigenvalue weighted by atomic mass is 10.2. The number of para-hydroxylation sites is 1. The zero-order valence-electron chi connectivity index (χ0n) is 10.8. The molecule has 0 heterocycles. The lowest BCUT2D eigenvalue weighted by Gasteiger charge is -2.11. The summed E-state index contributed by atoms with van der Waals surface area (Å²) in [6.07, 6.45) is 0.124. The first kappa shape index (κ1) is 14.5. The zero-order valence-corrected chi connectivity index (χ0v) is 10.8. The zero-order chi connectivity index (χ0) is 13.4. The van der Waals surface area contributed by atoms with Crippen LogP contribution in [0.3, 0.4) is 0 Å². The molecule has 0 aromatic heterocycles. The van der Waals surface area contributed by atoms with E-state index in [9.17, 15) is 4.79 Å². The van der Waals surface area contributed by atoms with E-state index in [1.807, 2.05) is 24.3 Å². The van der Waals surface area contributed by atoms with Gasteiger partial charge in [0.2, 0.25) is 0 Å². The van der Waals surface area contributed by atoms with E-state index >= 15 is 0 Å². The quantitative estimate of drug-likeness (QED) is 0.722. The van der Waals surface area contributed by atoms with Crippen molar-refractivity contribution in [3.05, 3.63) is 29.8 Å². The molecule has 1 unspecified atom stereocenters. The number of aliphatic hydroxyl groups is 1. The minimum absolute atomic E-state index is 0.279. The largest absolute Gasteiger partial charge is 0.393 e. The molecule has 0 saturated heterocycles. The van der Waals surface area contributed by atoms with Crippen molar-refractivity contribution < 1.29 is 14.6 Å². The molecule has 1 atom stereocenters. The van der Waals surface area contributed by atoms with E-state index in [4.69, 9.17) is 9.84 Å². The number of hydrogen-bond donors (Lipinski definition) is 3. The van der Waals surface area contributed by atoms with Gasteiger partial charge in [-0.15, -0.1) is 0 Å². The third-order valence-electron chi connectivity index (χ3n) is 2.41. The fourth-order valence-electron chi connectivity index (χ4n) is 1.48. The molecule has 0 spiro atoms. The number of anilines is 1. The van der Waals surface area contributed by atoms with Crippen molar-refractivity contribution in [2.75, 3.05) is 19.0 Å². The van der Waals surface area contributed by atoms with Gasteiger partial charge in [0.1, 0.15) is 0 Å². The second kappa shape index (κ2) is 7.68. The summed E-state index contributed by atoms with van der Waals surface area (Å²) >= 11 is 0. The van der Waals surface area contributed by atoms with Gasteiger partial charge in [-0.25, -0.2) is 4.79 Å². The summed E-state index contributed by atoms with van der Waals surface area (Å²) in [7, 11) is 1.61. The summed E-state index contributed by atoms with van der Waals surface area (Å²) in [5, 5.41) is 14.5. The molecule has 0 saturated carbocycles. The maximum absolute atomic E-state index is 11.6. The van der Waals surface area contributed by atoms with Crippen LogP contribution in [0, 0.1) is 0 Å². The molecule has 3 N–H and O–H groups in total. The van der Waals surface area contributed by atoms with Crippen molar-refractivity contribution in [1.29, 1.82) is 0 Å². The van der Waals surface area contributed by atoms with E-state index in [0.29, 0.717) is 19.6 Å². The van der Waals surface area contributed by atoms with Crippen LogP contribution < -0.4 is 10.6 Å². The van der Waals surface area contributed by atoms with Crippen molar-refractivity contribution in [1.82, 2.24) is 5.32 Å². The SMILES string of the molecule is COCc1ccccc1NC(=O)NCCC(C)O. The first-order valence-electron chi connectivity index (χ1n) is 5.93. The van der Waals surface area contributed by atoms with E-state index in [-0.39, 0.29) is 6.03 Å². The van der Waals surface area contributed by atoms with Gasteiger partial charge in [-0.1, -0.05) is 18.2 Å². The second-order valence-corrected chi connectivity index (χ2v) is 4.11. The Hall–Kier alpha value is -1.59. The van der Waals surface area contributed by atoms with Gasteiger partial charge in [-0.3, -0.25) is 0 Å². The highest BCUT2D eigenvalue weighted by Gasteiger charge is 2.06. The highest BCUT2D eigenvalue weighted by molar-refractivity contribution is 5.90. The maximum atomic E-state index is 11.6. The number of rotatable bonds is 6. The molecule has 5 heteroatoms. The summed E-state index contributed by atoms with van der Waals surface area (Å²) in [5.74, 6) is 0. The van der Waals surface area contributed by atoms with Gasteiger partial charge in [-0.2, -0.15) is 0 Å². The molecule has 1 aromatic rings. The lowest BCUT2D eigenvalue weighted by molar-refractivity contribution is 0.184. The Labute approximate surface area is 107 Å². The van der Waals surface area contributed by atoms with E-state index in [1.165, 1.54) is 0 Å². The molecular weight excluding hydrogens is 232 g/mol. The summed E-state index contributed by atoms with van der Waals surface area (Å²) in [5.41, 5.74) is 1.65. The van der Waals surface area contributed by atoms with Crippen molar-refractivity contribution in [2.45, 2.75) is 26.1 Å². The maximum Gasteiger partial charge on any atom is 0.319 e. The standard InChI is InChI=1S/C13H20N2O3/c1-10(16)7-8-14-13(17)15-12-6-4-3-5-11(12)9-18-2/h3-6,10,16H,7-9H2,1-2H3,(H2,14,15,17). The third-order valence-corrected chi connectivity index (χ3v) is 2.41. The van der Waals surface area contributed by atoms with Crippen molar-refractivity contribution >= 4 is 11.7 Å². The molecule has 18 heavy (non-hydrogen) atoms. The number of carbonyl (C=O) groups excluding carboxylic acids is 1. The van der Waals surface area contributed by atoms with Crippen molar-refractivity contribution in [2.24, 2.45) is 0 Å². The van der Waals surface area contributed by atoms with Crippen LogP contribution >= 0.6 is 0 Å². The van der Waals surface area contributed by atoms with Crippen LogP contribution in [0.4, 0.5) is 10.5 Å². The van der Waals surface area contributed by atoms with Gasteiger partial charge in [-0.05, 0) is 19.4 Å². The number of carbonyl (C=O) groups is 1. The number of benzene rings is 1. The average Bonchev–Trinajstić information content (AvgIpc) is 2.31. The monoisotopic (exact) mass is 252 g/mol. The molecule has 5 nitrogen and oxygen atoms in total. The summed E-state index contributed by atoms with van der Waals surface area (Å²) in [6.45, 7) is 2.58. The number of ether oxygens (including phenoxy) is 1. The van der Waals surface area contributed by atoms with Crippen LogP contribution in [0.1, 0.15) is 18.9 Å². The number of aliphatic hydroxyl groups excluding tert-OH is 1. The molecule has 0 bridgehead atoms. The molecule has 1 rings (SSSR count).